The maximum atomic E-state index is 5.16. The van der Waals surface area contributed by atoms with Crippen LogP contribution in [0.2, 0.25) is 0 Å². The normalized spacial score (nSPS) is 9.85. The van der Waals surface area contributed by atoms with Crippen LogP contribution < -0.4 is 5.32 Å². The van der Waals surface area contributed by atoms with Gasteiger partial charge in [-0.2, -0.15) is 0 Å². The lowest BCUT2D eigenvalue weighted by Gasteiger charge is -1.96. The predicted octanol–water partition coefficient (Wildman–Crippen LogP) is 0.693. The third-order valence-electron chi connectivity index (χ3n) is 1.24. The summed E-state index contributed by atoms with van der Waals surface area (Å²) in [5, 5.41) is 11.2. The Kier molecular flexibility index (Phi) is 4.36. The highest BCUT2D eigenvalue weighted by Crippen LogP contribution is 2.14. The number of hydrogen-bond acceptors (Lipinski definition) is 5. The van der Waals surface area contributed by atoms with Crippen molar-refractivity contribution in [1.82, 2.24) is 15.5 Å². The fraction of sp³-hybridized carbons (Fsp3) is 0.500. The second-order valence-corrected chi connectivity index (χ2v) is 3.36. The molecule has 1 rings (SSSR count). The van der Waals surface area contributed by atoms with Crippen molar-refractivity contribution < 1.29 is 4.42 Å². The van der Waals surface area contributed by atoms with Crippen molar-refractivity contribution in [2.45, 2.75) is 12.1 Å². The molecule has 1 N–H and O–H groups in total. The summed E-state index contributed by atoms with van der Waals surface area (Å²) in [5.41, 5.74) is 0. The molecule has 0 fully saturated rings. The Morgan fingerprint density at radius 3 is 3.08 bits per heavy atom. The van der Waals surface area contributed by atoms with Crippen molar-refractivity contribution in [3.05, 3.63) is 5.89 Å². The van der Waals surface area contributed by atoms with Crippen molar-refractivity contribution in [2.24, 2.45) is 0 Å². The van der Waals surface area contributed by atoms with Crippen LogP contribution in [0.25, 0.3) is 0 Å². The molecule has 70 valence electrons. The van der Waals surface area contributed by atoms with E-state index in [1.165, 1.54) is 11.8 Å². The Balaban J connectivity index is 2.10. The Bertz CT molecular complexity index is 292. The van der Waals surface area contributed by atoms with E-state index in [2.05, 4.69) is 21.4 Å². The summed E-state index contributed by atoms with van der Waals surface area (Å²) < 4.78 is 5.16. The molecule has 0 atom stereocenters. The molecule has 0 radical (unpaired) electrons. The Morgan fingerprint density at radius 2 is 2.46 bits per heavy atom. The van der Waals surface area contributed by atoms with Gasteiger partial charge in [0, 0.05) is 19.2 Å². The number of nitrogens with zero attached hydrogens (tertiary/aromatic N) is 2. The van der Waals surface area contributed by atoms with E-state index in [1.54, 1.807) is 6.92 Å². The molecule has 0 aliphatic rings. The molecule has 0 saturated carbocycles. The lowest BCUT2D eigenvalue weighted by molar-refractivity contribution is 0.429. The zero-order chi connectivity index (χ0) is 9.52. The number of aryl methyl sites for hydroxylation is 1. The van der Waals surface area contributed by atoms with Gasteiger partial charge >= 0.3 is 0 Å². The van der Waals surface area contributed by atoms with Gasteiger partial charge in [-0.1, -0.05) is 17.7 Å². The van der Waals surface area contributed by atoms with Crippen LogP contribution in [0.3, 0.4) is 0 Å². The molecule has 13 heavy (non-hydrogen) atoms. The van der Waals surface area contributed by atoms with Gasteiger partial charge in [0.1, 0.15) is 0 Å². The molecule has 1 aromatic heterocycles. The summed E-state index contributed by atoms with van der Waals surface area (Å²) in [5.74, 6) is 3.97. The van der Waals surface area contributed by atoms with E-state index in [1.807, 2.05) is 0 Å². The average Bonchev–Trinajstić information content (AvgIpc) is 2.51. The smallest absolute Gasteiger partial charge is 0.276 e. The highest BCUT2D eigenvalue weighted by molar-refractivity contribution is 7.99. The Hall–Kier alpha value is -0.990. The predicted molar refractivity (Wildman–Crippen MR) is 51.5 cm³/mol. The molecule has 1 heterocycles. The first-order valence-electron chi connectivity index (χ1n) is 3.90. The van der Waals surface area contributed by atoms with Gasteiger partial charge in [-0.05, 0) is 0 Å². The minimum absolute atomic E-state index is 0.596. The van der Waals surface area contributed by atoms with Crippen LogP contribution >= 0.6 is 11.8 Å². The monoisotopic (exact) mass is 197 g/mol. The second kappa shape index (κ2) is 5.62. The largest absolute Gasteiger partial charge is 0.416 e. The molecule has 0 aliphatic carbocycles. The van der Waals surface area contributed by atoms with Crippen molar-refractivity contribution in [2.75, 3.05) is 18.8 Å². The quantitative estimate of drug-likeness (QED) is 0.427. The molecule has 0 amide bonds. The van der Waals surface area contributed by atoms with Crippen LogP contribution in [0.5, 0.6) is 0 Å². The average molecular weight is 197 g/mol. The highest BCUT2D eigenvalue weighted by Gasteiger charge is 2.00. The summed E-state index contributed by atoms with van der Waals surface area (Å²) in [4.78, 5) is 0. The van der Waals surface area contributed by atoms with Crippen LogP contribution in [0.4, 0.5) is 0 Å². The molecule has 0 aliphatic heterocycles. The molecular weight excluding hydrogens is 186 g/mol. The minimum Gasteiger partial charge on any atom is -0.416 e. The molecule has 4 nitrogen and oxygen atoms in total. The van der Waals surface area contributed by atoms with Gasteiger partial charge in [0.15, 0.2) is 0 Å². The van der Waals surface area contributed by atoms with Crippen LogP contribution in [-0.2, 0) is 0 Å². The van der Waals surface area contributed by atoms with Gasteiger partial charge < -0.3 is 9.73 Å². The van der Waals surface area contributed by atoms with Gasteiger partial charge in [-0.3, -0.25) is 0 Å². The van der Waals surface area contributed by atoms with Gasteiger partial charge in [0.2, 0.25) is 5.89 Å². The highest BCUT2D eigenvalue weighted by atomic mass is 32.2. The first-order valence-corrected chi connectivity index (χ1v) is 4.88. The number of rotatable bonds is 5. The molecule has 1 aromatic rings. The van der Waals surface area contributed by atoms with Crippen LogP contribution in [0.1, 0.15) is 5.89 Å². The molecule has 0 saturated heterocycles. The van der Waals surface area contributed by atoms with E-state index < -0.39 is 0 Å². The first-order chi connectivity index (χ1) is 6.33. The van der Waals surface area contributed by atoms with Gasteiger partial charge in [-0.25, -0.2) is 0 Å². The number of aromatic nitrogens is 2. The van der Waals surface area contributed by atoms with Crippen LogP contribution in [0.15, 0.2) is 9.64 Å². The molecule has 0 spiro atoms. The van der Waals surface area contributed by atoms with E-state index in [9.17, 15) is 0 Å². The van der Waals surface area contributed by atoms with Crippen molar-refractivity contribution in [3.63, 3.8) is 0 Å². The Morgan fingerprint density at radius 1 is 1.62 bits per heavy atom. The number of nitrogens with one attached hydrogen (secondary N) is 1. The van der Waals surface area contributed by atoms with E-state index in [0.717, 1.165) is 12.3 Å². The molecule has 0 bridgehead atoms. The van der Waals surface area contributed by atoms with Gasteiger partial charge in [0.25, 0.3) is 5.22 Å². The fourth-order valence-corrected chi connectivity index (χ4v) is 1.41. The summed E-state index contributed by atoms with van der Waals surface area (Å²) in [6, 6.07) is 0. The SMILES string of the molecule is C#CCNCCSc1nnc(C)o1. The van der Waals surface area contributed by atoms with Crippen molar-refractivity contribution >= 4 is 11.8 Å². The number of hydrogen-bond donors (Lipinski definition) is 1. The zero-order valence-electron chi connectivity index (χ0n) is 7.41. The first kappa shape index (κ1) is 10.1. The maximum absolute atomic E-state index is 5.16. The zero-order valence-corrected chi connectivity index (χ0v) is 8.23. The number of terminal acetylenes is 1. The standard InChI is InChI=1S/C8H11N3OS/c1-3-4-9-5-6-13-8-11-10-7(2)12-8/h1,9H,4-6H2,2H3. The van der Waals surface area contributed by atoms with Gasteiger partial charge in [0.05, 0.1) is 6.54 Å². The second-order valence-electron chi connectivity index (χ2n) is 2.32. The lowest BCUT2D eigenvalue weighted by atomic mass is 10.6. The number of thioether (sulfide) groups is 1. The van der Waals surface area contributed by atoms with Crippen molar-refractivity contribution in [3.8, 4) is 12.3 Å². The van der Waals surface area contributed by atoms with E-state index in [-0.39, 0.29) is 0 Å². The van der Waals surface area contributed by atoms with Gasteiger partial charge in [-0.15, -0.1) is 16.6 Å². The topological polar surface area (TPSA) is 51.0 Å². The minimum atomic E-state index is 0.596. The molecule has 0 unspecified atom stereocenters. The molecular formula is C8H11N3OS. The summed E-state index contributed by atoms with van der Waals surface area (Å²) in [6.07, 6.45) is 5.07. The van der Waals surface area contributed by atoms with E-state index >= 15 is 0 Å². The van der Waals surface area contributed by atoms with Crippen molar-refractivity contribution in [1.29, 1.82) is 0 Å². The summed E-state index contributed by atoms with van der Waals surface area (Å²) in [7, 11) is 0. The van der Waals surface area contributed by atoms with E-state index in [4.69, 9.17) is 10.8 Å². The third-order valence-corrected chi connectivity index (χ3v) is 2.06. The lowest BCUT2D eigenvalue weighted by Crippen LogP contribution is -2.16. The maximum Gasteiger partial charge on any atom is 0.276 e. The third kappa shape index (κ3) is 3.97. The Labute approximate surface area is 81.5 Å². The fourth-order valence-electron chi connectivity index (χ4n) is 0.708. The van der Waals surface area contributed by atoms with E-state index in [0.29, 0.717) is 17.7 Å². The van der Waals surface area contributed by atoms with Crippen LogP contribution in [0, 0.1) is 19.3 Å². The van der Waals surface area contributed by atoms with Crippen LogP contribution in [-0.4, -0.2) is 29.0 Å². The summed E-state index contributed by atoms with van der Waals surface area (Å²) >= 11 is 1.52. The summed E-state index contributed by atoms with van der Waals surface area (Å²) in [6.45, 7) is 3.22. The molecule has 0 aromatic carbocycles. The molecule has 5 heteroatoms.